The first-order valence-electron chi connectivity index (χ1n) is 4.62. The van der Waals surface area contributed by atoms with E-state index >= 15 is 0 Å². The van der Waals surface area contributed by atoms with Crippen molar-refractivity contribution >= 4 is 7.37 Å². The third kappa shape index (κ3) is 2.94. The first kappa shape index (κ1) is 11.0. The van der Waals surface area contributed by atoms with Gasteiger partial charge in [0.25, 0.3) is 0 Å². The topological polar surface area (TPSA) is 46.5 Å². The summed E-state index contributed by atoms with van der Waals surface area (Å²) in [7, 11) is -2.47. The van der Waals surface area contributed by atoms with E-state index in [2.05, 4.69) is 0 Å². The average Bonchev–Trinajstić information content (AvgIpc) is 2.43. The highest BCUT2D eigenvalue weighted by atomic mass is 31.2. The van der Waals surface area contributed by atoms with Crippen molar-refractivity contribution in [3.63, 3.8) is 0 Å². The fourth-order valence-corrected chi connectivity index (χ4v) is 3.92. The second-order valence-corrected chi connectivity index (χ2v) is 6.05. The van der Waals surface area contributed by atoms with Crippen LogP contribution in [0.25, 0.3) is 0 Å². The van der Waals surface area contributed by atoms with Crippen LogP contribution in [-0.4, -0.2) is 30.1 Å². The second kappa shape index (κ2) is 4.41. The molecule has 0 radical (unpaired) electrons. The van der Waals surface area contributed by atoms with Crippen molar-refractivity contribution in [1.29, 1.82) is 0 Å². The zero-order valence-electron chi connectivity index (χ0n) is 8.19. The molecule has 1 aliphatic heterocycles. The Morgan fingerprint density at radius 2 is 2.46 bits per heavy atom. The Morgan fingerprint density at radius 1 is 1.77 bits per heavy atom. The molecule has 0 spiro atoms. The standard InChI is InChI=1S/C9H17O3P/c1-3-9(6-10)12-13(11)5-4-8(2)7-13/h4,9-10H,3,5-7H2,1-2H3. The van der Waals surface area contributed by atoms with Crippen molar-refractivity contribution in [2.75, 3.05) is 18.9 Å². The zero-order chi connectivity index (χ0) is 9.90. The Morgan fingerprint density at radius 3 is 2.85 bits per heavy atom. The summed E-state index contributed by atoms with van der Waals surface area (Å²) in [5.41, 5.74) is 1.14. The predicted octanol–water partition coefficient (Wildman–Crippen LogP) is 2.01. The Hall–Kier alpha value is -0.110. The summed E-state index contributed by atoms with van der Waals surface area (Å²) < 4.78 is 17.4. The number of hydrogen-bond acceptors (Lipinski definition) is 3. The first-order chi connectivity index (χ1) is 6.09. The highest BCUT2D eigenvalue weighted by molar-refractivity contribution is 7.59. The summed E-state index contributed by atoms with van der Waals surface area (Å²) in [6.45, 7) is 3.84. The van der Waals surface area contributed by atoms with Crippen molar-refractivity contribution in [3.05, 3.63) is 11.6 Å². The Balaban J connectivity index is 2.50. The minimum absolute atomic E-state index is 0.0421. The maximum absolute atomic E-state index is 12.0. The fraction of sp³-hybridized carbons (Fsp3) is 0.778. The van der Waals surface area contributed by atoms with Crippen LogP contribution in [0.5, 0.6) is 0 Å². The van der Waals surface area contributed by atoms with Crippen LogP contribution in [0.1, 0.15) is 20.3 Å². The summed E-state index contributed by atoms with van der Waals surface area (Å²) in [5, 5.41) is 8.90. The molecule has 2 unspecified atom stereocenters. The van der Waals surface area contributed by atoms with E-state index in [1.165, 1.54) is 0 Å². The van der Waals surface area contributed by atoms with Gasteiger partial charge in [0.1, 0.15) is 0 Å². The van der Waals surface area contributed by atoms with Crippen LogP contribution >= 0.6 is 7.37 Å². The third-order valence-corrected chi connectivity index (χ3v) is 4.61. The van der Waals surface area contributed by atoms with E-state index in [0.29, 0.717) is 18.7 Å². The van der Waals surface area contributed by atoms with Crippen LogP contribution in [-0.2, 0) is 9.09 Å². The largest absolute Gasteiger partial charge is 0.394 e. The Bertz CT molecular complexity index is 243. The van der Waals surface area contributed by atoms with Gasteiger partial charge in [-0.05, 0) is 13.3 Å². The first-order valence-corrected chi connectivity index (χ1v) is 6.62. The molecule has 2 atom stereocenters. The monoisotopic (exact) mass is 204 g/mol. The molecule has 4 heteroatoms. The van der Waals surface area contributed by atoms with Crippen LogP contribution in [0.2, 0.25) is 0 Å². The lowest BCUT2D eigenvalue weighted by atomic mass is 10.3. The molecule has 1 heterocycles. The van der Waals surface area contributed by atoms with Gasteiger partial charge in [0, 0.05) is 12.3 Å². The maximum atomic E-state index is 12.0. The van der Waals surface area contributed by atoms with Gasteiger partial charge < -0.3 is 9.63 Å². The lowest BCUT2D eigenvalue weighted by Gasteiger charge is -2.19. The van der Waals surface area contributed by atoms with Crippen molar-refractivity contribution in [1.82, 2.24) is 0 Å². The van der Waals surface area contributed by atoms with Gasteiger partial charge in [-0.25, -0.2) is 0 Å². The normalized spacial score (nSPS) is 30.2. The van der Waals surface area contributed by atoms with Crippen molar-refractivity contribution in [2.45, 2.75) is 26.4 Å². The molecule has 1 rings (SSSR count). The van der Waals surface area contributed by atoms with Crippen LogP contribution in [0.15, 0.2) is 11.6 Å². The second-order valence-electron chi connectivity index (χ2n) is 3.52. The predicted molar refractivity (Wildman–Crippen MR) is 53.3 cm³/mol. The lowest BCUT2D eigenvalue weighted by molar-refractivity contribution is 0.116. The molecular formula is C9H17O3P. The van der Waals surface area contributed by atoms with E-state index in [1.54, 1.807) is 0 Å². The van der Waals surface area contributed by atoms with Crippen molar-refractivity contribution in [2.24, 2.45) is 0 Å². The van der Waals surface area contributed by atoms with Gasteiger partial charge in [-0.1, -0.05) is 18.6 Å². The summed E-state index contributed by atoms with van der Waals surface area (Å²) in [4.78, 5) is 0. The van der Waals surface area contributed by atoms with E-state index in [1.807, 2.05) is 19.9 Å². The van der Waals surface area contributed by atoms with E-state index in [-0.39, 0.29) is 12.7 Å². The number of aliphatic hydroxyl groups is 1. The molecule has 76 valence electrons. The SMILES string of the molecule is CCC(CO)OP1(=O)CC=C(C)C1. The zero-order valence-corrected chi connectivity index (χ0v) is 9.09. The van der Waals surface area contributed by atoms with Gasteiger partial charge in [0.15, 0.2) is 0 Å². The number of hydrogen-bond donors (Lipinski definition) is 1. The molecule has 1 aliphatic rings. The Labute approximate surface area is 79.2 Å². The molecule has 13 heavy (non-hydrogen) atoms. The molecule has 0 saturated heterocycles. The van der Waals surface area contributed by atoms with Gasteiger partial charge in [0.05, 0.1) is 12.7 Å². The molecule has 1 N–H and O–H groups in total. The van der Waals surface area contributed by atoms with Crippen LogP contribution in [0, 0.1) is 0 Å². The molecule has 0 bridgehead atoms. The van der Waals surface area contributed by atoms with Crippen LogP contribution in [0.3, 0.4) is 0 Å². The highest BCUT2D eigenvalue weighted by Gasteiger charge is 2.29. The fourth-order valence-electron chi connectivity index (χ4n) is 1.39. The van der Waals surface area contributed by atoms with Crippen LogP contribution < -0.4 is 0 Å². The van der Waals surface area contributed by atoms with E-state index in [4.69, 9.17) is 9.63 Å². The molecular weight excluding hydrogens is 187 g/mol. The molecule has 3 nitrogen and oxygen atoms in total. The summed E-state index contributed by atoms with van der Waals surface area (Å²) in [6, 6.07) is 0. The summed E-state index contributed by atoms with van der Waals surface area (Å²) in [6.07, 6.45) is 3.51. The molecule has 0 amide bonds. The molecule has 0 aromatic heterocycles. The minimum atomic E-state index is -2.47. The number of rotatable bonds is 4. The van der Waals surface area contributed by atoms with Gasteiger partial charge in [-0.2, -0.15) is 0 Å². The highest BCUT2D eigenvalue weighted by Crippen LogP contribution is 2.53. The summed E-state index contributed by atoms with van der Waals surface area (Å²) >= 11 is 0. The number of aliphatic hydroxyl groups excluding tert-OH is 1. The van der Waals surface area contributed by atoms with E-state index < -0.39 is 7.37 Å². The molecule has 0 aliphatic carbocycles. The smallest absolute Gasteiger partial charge is 0.211 e. The van der Waals surface area contributed by atoms with Crippen molar-refractivity contribution < 1.29 is 14.2 Å². The molecule has 0 aromatic rings. The summed E-state index contributed by atoms with van der Waals surface area (Å²) in [5.74, 6) is 0. The Kier molecular flexibility index (Phi) is 3.72. The minimum Gasteiger partial charge on any atom is -0.394 e. The quantitative estimate of drug-likeness (QED) is 0.562. The average molecular weight is 204 g/mol. The van der Waals surface area contributed by atoms with E-state index in [9.17, 15) is 4.57 Å². The van der Waals surface area contributed by atoms with Gasteiger partial charge >= 0.3 is 0 Å². The lowest BCUT2D eigenvalue weighted by Crippen LogP contribution is -2.15. The maximum Gasteiger partial charge on any atom is 0.211 e. The van der Waals surface area contributed by atoms with E-state index in [0.717, 1.165) is 5.57 Å². The third-order valence-electron chi connectivity index (χ3n) is 2.21. The number of allylic oxidation sites excluding steroid dienone is 2. The van der Waals surface area contributed by atoms with Gasteiger partial charge in [-0.15, -0.1) is 0 Å². The van der Waals surface area contributed by atoms with Gasteiger partial charge in [0.2, 0.25) is 7.37 Å². The van der Waals surface area contributed by atoms with Crippen LogP contribution in [0.4, 0.5) is 0 Å². The van der Waals surface area contributed by atoms with Crippen molar-refractivity contribution in [3.8, 4) is 0 Å². The van der Waals surface area contributed by atoms with Gasteiger partial charge in [-0.3, -0.25) is 4.57 Å². The molecule has 0 saturated carbocycles. The molecule has 0 fully saturated rings. The molecule has 0 aromatic carbocycles.